The number of benzene rings is 1. The van der Waals surface area contributed by atoms with E-state index in [1.165, 1.54) is 16.4 Å². The van der Waals surface area contributed by atoms with Crippen LogP contribution < -0.4 is 5.73 Å². The van der Waals surface area contributed by atoms with Crippen molar-refractivity contribution in [2.24, 2.45) is 5.73 Å². The van der Waals surface area contributed by atoms with E-state index in [0.717, 1.165) is 6.42 Å². The molecule has 1 aromatic rings. The van der Waals surface area contributed by atoms with Gasteiger partial charge in [0.25, 0.3) is 0 Å². The van der Waals surface area contributed by atoms with Crippen molar-refractivity contribution in [2.75, 3.05) is 19.7 Å². The molecule has 1 unspecified atom stereocenters. The standard InChI is InChI=1S/C13H17ClN2O3S2/c1-2-10-8-16(5-6-19-10)21(17,18)12-4-3-9(13(15)20)7-11(12)14/h3-4,7,10H,2,5-6,8H2,1H3,(H2,15,20). The number of sulfonamides is 1. The minimum Gasteiger partial charge on any atom is -0.389 e. The topological polar surface area (TPSA) is 72.6 Å². The van der Waals surface area contributed by atoms with Crippen molar-refractivity contribution in [2.45, 2.75) is 24.3 Å². The first-order valence-corrected chi connectivity index (χ1v) is 8.80. The zero-order chi connectivity index (χ0) is 15.6. The number of hydrogen-bond donors (Lipinski definition) is 1. The van der Waals surface area contributed by atoms with E-state index in [9.17, 15) is 8.42 Å². The molecule has 2 N–H and O–H groups in total. The van der Waals surface area contributed by atoms with Crippen LogP contribution in [0.5, 0.6) is 0 Å². The van der Waals surface area contributed by atoms with Crippen molar-refractivity contribution < 1.29 is 13.2 Å². The van der Waals surface area contributed by atoms with Gasteiger partial charge >= 0.3 is 0 Å². The highest BCUT2D eigenvalue weighted by Crippen LogP contribution is 2.27. The molecule has 0 spiro atoms. The number of nitrogens with zero attached hydrogens (tertiary/aromatic N) is 1. The molecule has 0 aliphatic carbocycles. The van der Waals surface area contributed by atoms with Crippen LogP contribution in [0.15, 0.2) is 23.1 Å². The number of ether oxygens (including phenoxy) is 1. The number of morpholine rings is 1. The summed E-state index contributed by atoms with van der Waals surface area (Å²) < 4.78 is 32.3. The smallest absolute Gasteiger partial charge is 0.244 e. The molecule has 1 fully saturated rings. The molecule has 5 nitrogen and oxygen atoms in total. The van der Waals surface area contributed by atoms with Crippen LogP contribution in [0.25, 0.3) is 0 Å². The maximum Gasteiger partial charge on any atom is 0.244 e. The summed E-state index contributed by atoms with van der Waals surface area (Å²) in [7, 11) is -3.64. The fourth-order valence-corrected chi connectivity index (χ4v) is 4.26. The molecule has 0 radical (unpaired) electrons. The maximum absolute atomic E-state index is 12.7. The van der Waals surface area contributed by atoms with Crippen molar-refractivity contribution in [3.8, 4) is 0 Å². The summed E-state index contributed by atoms with van der Waals surface area (Å²) >= 11 is 11.0. The highest BCUT2D eigenvalue weighted by atomic mass is 35.5. The van der Waals surface area contributed by atoms with Gasteiger partial charge in [-0.25, -0.2) is 8.42 Å². The van der Waals surface area contributed by atoms with Gasteiger partial charge in [0.1, 0.15) is 9.88 Å². The Morgan fingerprint density at radius 3 is 2.86 bits per heavy atom. The minimum atomic E-state index is -3.64. The molecule has 1 heterocycles. The van der Waals surface area contributed by atoms with Gasteiger partial charge in [-0.15, -0.1) is 0 Å². The zero-order valence-electron chi connectivity index (χ0n) is 11.6. The fraction of sp³-hybridized carbons (Fsp3) is 0.462. The van der Waals surface area contributed by atoms with E-state index in [4.69, 9.17) is 34.3 Å². The van der Waals surface area contributed by atoms with Crippen molar-refractivity contribution >= 4 is 38.8 Å². The first-order chi connectivity index (χ1) is 9.86. The Kier molecular flexibility index (Phi) is 5.21. The first kappa shape index (κ1) is 16.6. The van der Waals surface area contributed by atoms with Gasteiger partial charge in [-0.2, -0.15) is 4.31 Å². The van der Waals surface area contributed by atoms with Crippen molar-refractivity contribution in [1.29, 1.82) is 0 Å². The first-order valence-electron chi connectivity index (χ1n) is 6.57. The summed E-state index contributed by atoms with van der Waals surface area (Å²) in [5, 5.41) is 0.125. The van der Waals surface area contributed by atoms with Crippen LogP contribution in [-0.4, -0.2) is 43.5 Å². The quantitative estimate of drug-likeness (QED) is 0.839. The normalized spacial score (nSPS) is 20.4. The molecule has 116 valence electrons. The highest BCUT2D eigenvalue weighted by molar-refractivity contribution is 7.89. The third kappa shape index (κ3) is 3.54. The third-order valence-electron chi connectivity index (χ3n) is 3.39. The summed E-state index contributed by atoms with van der Waals surface area (Å²) in [6.07, 6.45) is 0.684. The summed E-state index contributed by atoms with van der Waals surface area (Å²) in [6, 6.07) is 4.50. The number of halogens is 1. The van der Waals surface area contributed by atoms with Crippen LogP contribution in [0.2, 0.25) is 5.02 Å². The Balaban J connectivity index is 2.33. The van der Waals surface area contributed by atoms with E-state index >= 15 is 0 Å². The Labute approximate surface area is 135 Å². The predicted molar refractivity (Wildman–Crippen MR) is 86.1 cm³/mol. The monoisotopic (exact) mass is 348 g/mol. The van der Waals surface area contributed by atoms with Gasteiger partial charge < -0.3 is 10.5 Å². The van der Waals surface area contributed by atoms with Crippen LogP contribution in [0, 0.1) is 0 Å². The lowest BCUT2D eigenvalue weighted by Crippen LogP contribution is -2.45. The average Bonchev–Trinajstić information content (AvgIpc) is 2.46. The second-order valence-electron chi connectivity index (χ2n) is 4.77. The van der Waals surface area contributed by atoms with Crippen LogP contribution in [0.4, 0.5) is 0 Å². The van der Waals surface area contributed by atoms with E-state index in [1.54, 1.807) is 6.07 Å². The third-order valence-corrected chi connectivity index (χ3v) is 5.97. The van der Waals surface area contributed by atoms with E-state index in [1.807, 2.05) is 6.92 Å². The Morgan fingerprint density at radius 1 is 1.57 bits per heavy atom. The average molecular weight is 349 g/mol. The van der Waals surface area contributed by atoms with Crippen molar-refractivity contribution in [3.63, 3.8) is 0 Å². The van der Waals surface area contributed by atoms with Crippen molar-refractivity contribution in [1.82, 2.24) is 4.31 Å². The van der Waals surface area contributed by atoms with E-state index < -0.39 is 10.0 Å². The van der Waals surface area contributed by atoms with Gasteiger partial charge in [0.2, 0.25) is 10.0 Å². The van der Waals surface area contributed by atoms with Crippen LogP contribution >= 0.6 is 23.8 Å². The molecule has 21 heavy (non-hydrogen) atoms. The van der Waals surface area contributed by atoms with E-state index in [2.05, 4.69) is 0 Å². The molecular formula is C13H17ClN2O3S2. The summed E-state index contributed by atoms with van der Waals surface area (Å²) in [6.45, 7) is 3.02. The fourth-order valence-electron chi connectivity index (χ4n) is 2.16. The molecule has 0 aromatic heterocycles. The highest BCUT2D eigenvalue weighted by Gasteiger charge is 2.31. The minimum absolute atomic E-state index is 0.0703. The Hall–Kier alpha value is -0.730. The Morgan fingerprint density at radius 2 is 2.29 bits per heavy atom. The van der Waals surface area contributed by atoms with Crippen molar-refractivity contribution in [3.05, 3.63) is 28.8 Å². The molecule has 2 rings (SSSR count). The lowest BCUT2D eigenvalue weighted by atomic mass is 10.2. The van der Waals surface area contributed by atoms with Gasteiger partial charge in [0.05, 0.1) is 17.7 Å². The molecule has 0 saturated carbocycles. The number of thiocarbonyl (C=S) groups is 1. The molecule has 1 saturated heterocycles. The van der Waals surface area contributed by atoms with Gasteiger partial charge in [-0.1, -0.05) is 36.8 Å². The summed E-state index contributed by atoms with van der Waals surface area (Å²) in [5.41, 5.74) is 6.06. The summed E-state index contributed by atoms with van der Waals surface area (Å²) in [4.78, 5) is 0.249. The maximum atomic E-state index is 12.7. The largest absolute Gasteiger partial charge is 0.389 e. The molecule has 1 aliphatic rings. The molecular weight excluding hydrogens is 332 g/mol. The predicted octanol–water partition coefficient (Wildman–Crippen LogP) is 1.77. The zero-order valence-corrected chi connectivity index (χ0v) is 14.0. The number of hydrogen-bond acceptors (Lipinski definition) is 4. The summed E-state index contributed by atoms with van der Waals surface area (Å²) in [5.74, 6) is 0. The Bertz CT molecular complexity index is 649. The van der Waals surface area contributed by atoms with Gasteiger partial charge in [0, 0.05) is 18.7 Å². The second-order valence-corrected chi connectivity index (χ2v) is 7.53. The number of nitrogens with two attached hydrogens (primary N) is 1. The molecule has 1 atom stereocenters. The second kappa shape index (κ2) is 6.58. The van der Waals surface area contributed by atoms with E-state index in [-0.39, 0.29) is 21.0 Å². The molecule has 0 bridgehead atoms. The molecule has 1 aromatic carbocycles. The lowest BCUT2D eigenvalue weighted by molar-refractivity contribution is -0.00277. The molecule has 8 heteroatoms. The molecule has 0 amide bonds. The van der Waals surface area contributed by atoms with Gasteiger partial charge in [0.15, 0.2) is 0 Å². The number of rotatable bonds is 4. The molecule has 1 aliphatic heterocycles. The van der Waals surface area contributed by atoms with Crippen LogP contribution in [-0.2, 0) is 14.8 Å². The van der Waals surface area contributed by atoms with Gasteiger partial charge in [-0.3, -0.25) is 0 Å². The lowest BCUT2D eigenvalue weighted by Gasteiger charge is -2.31. The van der Waals surface area contributed by atoms with Crippen LogP contribution in [0.1, 0.15) is 18.9 Å². The van der Waals surface area contributed by atoms with Gasteiger partial charge in [-0.05, 0) is 18.6 Å². The SMILES string of the molecule is CCC1CN(S(=O)(=O)c2ccc(C(N)=S)cc2Cl)CCO1. The van der Waals surface area contributed by atoms with E-state index in [0.29, 0.717) is 25.3 Å². The van der Waals surface area contributed by atoms with Crippen LogP contribution in [0.3, 0.4) is 0 Å².